The van der Waals surface area contributed by atoms with E-state index in [1.54, 1.807) is 30.4 Å². The van der Waals surface area contributed by atoms with E-state index in [1.807, 2.05) is 4.90 Å². The molecule has 176 valence electrons. The molecule has 5 aliphatic rings. The van der Waals surface area contributed by atoms with Gasteiger partial charge in [0.1, 0.15) is 23.4 Å². The van der Waals surface area contributed by atoms with E-state index < -0.39 is 0 Å². The Bertz CT molecular complexity index is 986. The highest BCUT2D eigenvalue weighted by molar-refractivity contribution is 5.69. The lowest BCUT2D eigenvalue weighted by Crippen LogP contribution is -2.55. The Morgan fingerprint density at radius 2 is 1.91 bits per heavy atom. The van der Waals surface area contributed by atoms with Crippen LogP contribution < -0.4 is 4.74 Å². The summed E-state index contributed by atoms with van der Waals surface area (Å²) in [5.41, 5.74) is 0.980. The van der Waals surface area contributed by atoms with Crippen molar-refractivity contribution >= 4 is 6.09 Å². The standard InChI is InChI=1S/C26H31FN2O4/c27-17-1-8-24-23(13-17)26(16-32-24)9-11-28(12-10-26)20-14-18-2-3-19(15-20)29(18)25(31)33-22-6-4-21(30)5-7-22/h1,4-6,8,13,18-20,22,30H,2-3,7,9-12,14-16H2. The number of hydrogen-bond acceptors (Lipinski definition) is 5. The van der Waals surface area contributed by atoms with Gasteiger partial charge in [-0.3, -0.25) is 0 Å². The molecule has 3 atom stereocenters. The molecule has 7 heteroatoms. The third kappa shape index (κ3) is 3.70. The van der Waals surface area contributed by atoms with Crippen LogP contribution in [-0.2, 0) is 10.2 Å². The Balaban J connectivity index is 1.07. The van der Waals surface area contributed by atoms with E-state index in [0.29, 0.717) is 19.1 Å². The van der Waals surface area contributed by atoms with Gasteiger partial charge < -0.3 is 24.4 Å². The van der Waals surface area contributed by atoms with Crippen molar-refractivity contribution in [1.82, 2.24) is 9.80 Å². The van der Waals surface area contributed by atoms with Crippen molar-refractivity contribution in [2.24, 2.45) is 0 Å². The summed E-state index contributed by atoms with van der Waals surface area (Å²) in [6, 6.07) is 5.86. The van der Waals surface area contributed by atoms with Gasteiger partial charge in [0.25, 0.3) is 0 Å². The van der Waals surface area contributed by atoms with E-state index in [1.165, 1.54) is 6.07 Å². The van der Waals surface area contributed by atoms with Crippen LogP contribution in [0.25, 0.3) is 0 Å². The lowest BCUT2D eigenvalue weighted by Gasteiger charge is -2.47. The molecule has 4 aliphatic heterocycles. The lowest BCUT2D eigenvalue weighted by molar-refractivity contribution is 0.0165. The first-order valence-electron chi connectivity index (χ1n) is 12.2. The number of piperidine rings is 2. The van der Waals surface area contributed by atoms with Crippen molar-refractivity contribution in [2.75, 3.05) is 19.7 Å². The molecule has 1 N–H and O–H groups in total. The maximum atomic E-state index is 13.9. The predicted molar refractivity (Wildman–Crippen MR) is 121 cm³/mol. The van der Waals surface area contributed by atoms with Crippen molar-refractivity contribution in [3.05, 3.63) is 53.6 Å². The van der Waals surface area contributed by atoms with Gasteiger partial charge >= 0.3 is 6.09 Å². The molecule has 6 nitrogen and oxygen atoms in total. The van der Waals surface area contributed by atoms with Crippen LogP contribution in [-0.4, -0.2) is 64.9 Å². The number of likely N-dealkylation sites (tertiary alicyclic amines) is 1. The molecular formula is C26H31FN2O4. The monoisotopic (exact) mass is 454 g/mol. The number of rotatable bonds is 2. The molecule has 3 saturated heterocycles. The summed E-state index contributed by atoms with van der Waals surface area (Å²) in [7, 11) is 0. The third-order valence-corrected chi connectivity index (χ3v) is 8.50. The van der Waals surface area contributed by atoms with E-state index in [4.69, 9.17) is 9.47 Å². The molecule has 6 rings (SSSR count). The minimum atomic E-state index is -0.301. The number of halogens is 1. The number of nitrogens with zero attached hydrogens (tertiary/aromatic N) is 2. The Hall–Kier alpha value is -2.54. The summed E-state index contributed by atoms with van der Waals surface area (Å²) in [6.07, 6.45) is 11.0. The van der Waals surface area contributed by atoms with Crippen LogP contribution in [0.2, 0.25) is 0 Å². The first-order valence-corrected chi connectivity index (χ1v) is 12.2. The number of carbonyl (C=O) groups excluding carboxylic acids is 1. The van der Waals surface area contributed by atoms with Crippen molar-refractivity contribution in [3.63, 3.8) is 0 Å². The zero-order chi connectivity index (χ0) is 22.6. The molecule has 0 radical (unpaired) electrons. The van der Waals surface area contributed by atoms with Crippen molar-refractivity contribution < 1.29 is 23.8 Å². The topological polar surface area (TPSA) is 62.2 Å². The first kappa shape index (κ1) is 21.0. The molecule has 1 aromatic carbocycles. The van der Waals surface area contributed by atoms with Gasteiger partial charge in [0.05, 0.1) is 6.61 Å². The normalized spacial score (nSPS) is 32.4. The van der Waals surface area contributed by atoms with Crippen molar-refractivity contribution in [1.29, 1.82) is 0 Å². The lowest BCUT2D eigenvalue weighted by atomic mass is 9.74. The molecule has 4 heterocycles. The molecule has 2 bridgehead atoms. The second-order valence-electron chi connectivity index (χ2n) is 10.3. The SMILES string of the molecule is O=C(OC1C=CC(O)=CC1)N1C2CCC1CC(N1CCC3(CC1)COc1ccc(F)cc13)C2. The Morgan fingerprint density at radius 1 is 1.15 bits per heavy atom. The smallest absolute Gasteiger partial charge is 0.410 e. The van der Waals surface area contributed by atoms with Gasteiger partial charge in [-0.05, 0) is 88.0 Å². The van der Waals surface area contributed by atoms with E-state index in [-0.39, 0.29) is 41.3 Å². The van der Waals surface area contributed by atoms with Gasteiger partial charge in [-0.1, -0.05) is 0 Å². The Kier molecular flexibility index (Phi) is 5.13. The van der Waals surface area contributed by atoms with E-state index in [2.05, 4.69) is 4.90 Å². The van der Waals surface area contributed by atoms with Gasteiger partial charge in [0.15, 0.2) is 0 Å². The van der Waals surface area contributed by atoms with E-state index >= 15 is 0 Å². The largest absolute Gasteiger partial charge is 0.508 e. The number of fused-ring (bicyclic) bond motifs is 4. The highest BCUT2D eigenvalue weighted by Crippen LogP contribution is 2.47. The molecule has 3 fully saturated rings. The fourth-order valence-corrected chi connectivity index (χ4v) is 6.68. The van der Waals surface area contributed by atoms with E-state index in [9.17, 15) is 14.3 Å². The van der Waals surface area contributed by atoms with Crippen LogP contribution in [0.1, 0.15) is 50.5 Å². The molecule has 1 spiro atoms. The number of hydrogen-bond donors (Lipinski definition) is 1. The summed E-state index contributed by atoms with van der Waals surface area (Å²) in [5.74, 6) is 0.881. The van der Waals surface area contributed by atoms with Crippen molar-refractivity contribution in [2.45, 2.75) is 74.6 Å². The fourth-order valence-electron chi connectivity index (χ4n) is 6.68. The molecule has 1 amide bonds. The fraction of sp³-hybridized carbons (Fsp3) is 0.577. The zero-order valence-corrected chi connectivity index (χ0v) is 18.8. The van der Waals surface area contributed by atoms with Gasteiger partial charge in [-0.15, -0.1) is 0 Å². The maximum Gasteiger partial charge on any atom is 0.410 e. The third-order valence-electron chi connectivity index (χ3n) is 8.50. The average Bonchev–Trinajstić information content (AvgIpc) is 3.29. The van der Waals surface area contributed by atoms with Crippen molar-refractivity contribution in [3.8, 4) is 5.75 Å². The minimum absolute atomic E-state index is 0.0617. The molecule has 1 aliphatic carbocycles. The molecular weight excluding hydrogens is 423 g/mol. The van der Waals surface area contributed by atoms with Gasteiger partial charge in [-0.25, -0.2) is 9.18 Å². The minimum Gasteiger partial charge on any atom is -0.508 e. The summed E-state index contributed by atoms with van der Waals surface area (Å²) >= 11 is 0. The molecule has 0 aromatic heterocycles. The van der Waals surface area contributed by atoms with Gasteiger partial charge in [0, 0.05) is 35.5 Å². The quantitative estimate of drug-likeness (QED) is 0.715. The van der Waals surface area contributed by atoms with Crippen LogP contribution in [0.3, 0.4) is 0 Å². The van der Waals surface area contributed by atoms with Crippen LogP contribution in [0.5, 0.6) is 5.75 Å². The maximum absolute atomic E-state index is 13.9. The second kappa shape index (κ2) is 8.05. The van der Waals surface area contributed by atoms with E-state index in [0.717, 1.165) is 62.9 Å². The number of ether oxygens (including phenoxy) is 2. The molecule has 1 aromatic rings. The Morgan fingerprint density at radius 3 is 2.61 bits per heavy atom. The van der Waals surface area contributed by atoms with Crippen LogP contribution in [0.15, 0.2) is 42.2 Å². The number of allylic oxidation sites excluding steroid dienone is 1. The van der Waals surface area contributed by atoms with Crippen LogP contribution in [0.4, 0.5) is 9.18 Å². The summed E-state index contributed by atoms with van der Waals surface area (Å²) < 4.78 is 25.5. The summed E-state index contributed by atoms with van der Waals surface area (Å²) in [6.45, 7) is 2.62. The first-order chi connectivity index (χ1) is 16.0. The average molecular weight is 455 g/mol. The number of carbonyl (C=O) groups is 1. The molecule has 33 heavy (non-hydrogen) atoms. The number of aliphatic hydroxyl groups is 1. The highest BCUT2D eigenvalue weighted by atomic mass is 19.1. The summed E-state index contributed by atoms with van der Waals surface area (Å²) in [4.78, 5) is 17.5. The highest BCUT2D eigenvalue weighted by Gasteiger charge is 2.48. The number of aliphatic hydroxyl groups excluding tert-OH is 1. The van der Waals surface area contributed by atoms with Crippen LogP contribution >= 0.6 is 0 Å². The van der Waals surface area contributed by atoms with Crippen LogP contribution in [0, 0.1) is 5.82 Å². The molecule has 0 saturated carbocycles. The predicted octanol–water partition coefficient (Wildman–Crippen LogP) is 4.45. The zero-order valence-electron chi connectivity index (χ0n) is 18.8. The number of benzene rings is 1. The number of amides is 1. The molecule has 3 unspecified atom stereocenters. The Labute approximate surface area is 193 Å². The second-order valence-corrected chi connectivity index (χ2v) is 10.3. The summed E-state index contributed by atoms with van der Waals surface area (Å²) in [5, 5.41) is 9.48. The van der Waals surface area contributed by atoms with Gasteiger partial charge in [-0.2, -0.15) is 0 Å². The van der Waals surface area contributed by atoms with Gasteiger partial charge in [0.2, 0.25) is 0 Å².